The zero-order valence-electron chi connectivity index (χ0n) is 11.5. The highest BCUT2D eigenvalue weighted by molar-refractivity contribution is 6.31. The van der Waals surface area contributed by atoms with Crippen molar-refractivity contribution in [2.45, 2.75) is 39.3 Å². The summed E-state index contributed by atoms with van der Waals surface area (Å²) >= 11 is 6.00. The van der Waals surface area contributed by atoms with Crippen LogP contribution in [0, 0.1) is 6.92 Å². The zero-order chi connectivity index (χ0) is 14.4. The lowest BCUT2D eigenvalue weighted by Crippen LogP contribution is -2.38. The fourth-order valence-corrected chi connectivity index (χ4v) is 1.94. The highest BCUT2D eigenvalue weighted by Crippen LogP contribution is 2.20. The quantitative estimate of drug-likeness (QED) is 0.751. The molecule has 0 aliphatic rings. The Morgan fingerprint density at radius 2 is 2.05 bits per heavy atom. The predicted molar refractivity (Wildman–Crippen MR) is 78.6 cm³/mol. The number of nitrogens with one attached hydrogen (secondary N) is 2. The summed E-state index contributed by atoms with van der Waals surface area (Å²) in [5.41, 5.74) is 1.68. The first-order valence-electron chi connectivity index (χ1n) is 6.35. The highest BCUT2D eigenvalue weighted by Gasteiger charge is 2.11. The summed E-state index contributed by atoms with van der Waals surface area (Å²) in [5.74, 6) is -0.0786. The van der Waals surface area contributed by atoms with Gasteiger partial charge in [0.25, 0.3) is 0 Å². The molecule has 0 saturated heterocycles. The number of anilines is 1. The first-order valence-corrected chi connectivity index (χ1v) is 6.73. The van der Waals surface area contributed by atoms with Gasteiger partial charge >= 0.3 is 0 Å². The summed E-state index contributed by atoms with van der Waals surface area (Å²) in [6.07, 6.45) is 0.343. The largest absolute Gasteiger partial charge is 0.395 e. The van der Waals surface area contributed by atoms with Crippen LogP contribution in [0.1, 0.15) is 25.8 Å². The maximum atomic E-state index is 11.8. The number of halogens is 1. The van der Waals surface area contributed by atoms with Gasteiger partial charge in [-0.3, -0.25) is 4.79 Å². The van der Waals surface area contributed by atoms with Crippen LogP contribution < -0.4 is 10.6 Å². The van der Waals surface area contributed by atoms with E-state index < -0.39 is 0 Å². The normalized spacial score (nSPS) is 13.9. The van der Waals surface area contributed by atoms with Crippen molar-refractivity contribution in [1.29, 1.82) is 0 Å². The number of hydrogen-bond acceptors (Lipinski definition) is 3. The SMILES string of the molecule is Cc1ccc(NC(=O)CC(C)N[C@H](C)CO)cc1Cl. The Hall–Kier alpha value is -1.10. The number of rotatable bonds is 6. The molecule has 4 nitrogen and oxygen atoms in total. The van der Waals surface area contributed by atoms with E-state index >= 15 is 0 Å². The van der Waals surface area contributed by atoms with Gasteiger partial charge in [0.15, 0.2) is 0 Å². The first kappa shape index (κ1) is 16.0. The van der Waals surface area contributed by atoms with E-state index in [0.29, 0.717) is 17.1 Å². The molecule has 0 aromatic heterocycles. The summed E-state index contributed by atoms with van der Waals surface area (Å²) in [6.45, 7) is 5.75. The Kier molecular flexibility index (Phi) is 6.28. The van der Waals surface area contributed by atoms with Gasteiger partial charge in [0.1, 0.15) is 0 Å². The fourth-order valence-electron chi connectivity index (χ4n) is 1.76. The zero-order valence-corrected chi connectivity index (χ0v) is 12.3. The number of benzene rings is 1. The second-order valence-corrected chi connectivity index (χ2v) is 5.27. The van der Waals surface area contributed by atoms with Gasteiger partial charge in [-0.2, -0.15) is 0 Å². The van der Waals surface area contributed by atoms with Crippen LogP contribution >= 0.6 is 11.6 Å². The average Bonchev–Trinajstić information content (AvgIpc) is 2.33. The van der Waals surface area contributed by atoms with Gasteiger partial charge in [0, 0.05) is 29.2 Å². The van der Waals surface area contributed by atoms with Crippen LogP contribution in [0.2, 0.25) is 5.02 Å². The van der Waals surface area contributed by atoms with Crippen molar-refractivity contribution < 1.29 is 9.90 Å². The van der Waals surface area contributed by atoms with Crippen LogP contribution in [0.3, 0.4) is 0 Å². The number of aryl methyl sites for hydroxylation is 1. The smallest absolute Gasteiger partial charge is 0.225 e. The Morgan fingerprint density at radius 3 is 2.63 bits per heavy atom. The third kappa shape index (κ3) is 5.59. The molecule has 0 spiro atoms. The van der Waals surface area contributed by atoms with Gasteiger partial charge in [0.05, 0.1) is 6.61 Å². The highest BCUT2D eigenvalue weighted by atomic mass is 35.5. The Morgan fingerprint density at radius 1 is 1.37 bits per heavy atom. The number of aliphatic hydroxyl groups excluding tert-OH is 1. The van der Waals surface area contributed by atoms with Gasteiger partial charge in [-0.05, 0) is 38.5 Å². The maximum absolute atomic E-state index is 11.8. The van der Waals surface area contributed by atoms with Crippen LogP contribution in [0.15, 0.2) is 18.2 Å². The summed E-state index contributed by atoms with van der Waals surface area (Å²) in [5, 5.41) is 15.5. The maximum Gasteiger partial charge on any atom is 0.225 e. The molecule has 3 N–H and O–H groups in total. The molecule has 0 heterocycles. The van der Waals surface area contributed by atoms with Crippen molar-refractivity contribution in [2.24, 2.45) is 0 Å². The lowest BCUT2D eigenvalue weighted by atomic mass is 10.2. The molecule has 0 radical (unpaired) electrons. The number of carbonyl (C=O) groups is 1. The number of aliphatic hydroxyl groups is 1. The predicted octanol–water partition coefficient (Wildman–Crippen LogP) is 2.34. The van der Waals surface area contributed by atoms with E-state index in [4.69, 9.17) is 16.7 Å². The molecule has 1 amide bonds. The Bertz CT molecular complexity index is 437. The molecule has 0 aliphatic carbocycles. The van der Waals surface area contributed by atoms with Gasteiger partial charge in [-0.15, -0.1) is 0 Å². The van der Waals surface area contributed by atoms with Crippen LogP contribution in [-0.4, -0.2) is 29.7 Å². The van der Waals surface area contributed by atoms with Gasteiger partial charge in [0.2, 0.25) is 5.91 Å². The van der Waals surface area contributed by atoms with Crippen molar-refractivity contribution in [2.75, 3.05) is 11.9 Å². The topological polar surface area (TPSA) is 61.4 Å². The van der Waals surface area contributed by atoms with E-state index in [2.05, 4.69) is 10.6 Å². The Balaban J connectivity index is 2.48. The van der Waals surface area contributed by atoms with Gasteiger partial charge in [-0.1, -0.05) is 17.7 Å². The molecule has 1 aromatic rings. The van der Waals surface area contributed by atoms with Crippen molar-refractivity contribution in [3.05, 3.63) is 28.8 Å². The molecular formula is C14H21ClN2O2. The number of hydrogen-bond donors (Lipinski definition) is 3. The molecule has 19 heavy (non-hydrogen) atoms. The van der Waals surface area contributed by atoms with E-state index in [0.717, 1.165) is 5.56 Å². The van der Waals surface area contributed by atoms with Crippen LogP contribution in [0.4, 0.5) is 5.69 Å². The molecule has 1 aromatic carbocycles. The van der Waals surface area contributed by atoms with E-state index in [9.17, 15) is 4.79 Å². The van der Waals surface area contributed by atoms with Crippen molar-refractivity contribution in [1.82, 2.24) is 5.32 Å². The van der Waals surface area contributed by atoms with E-state index in [-0.39, 0.29) is 24.6 Å². The molecule has 106 valence electrons. The molecule has 0 bridgehead atoms. The van der Waals surface area contributed by atoms with Crippen LogP contribution in [-0.2, 0) is 4.79 Å². The van der Waals surface area contributed by atoms with E-state index in [1.54, 1.807) is 6.07 Å². The van der Waals surface area contributed by atoms with E-state index in [1.165, 1.54) is 0 Å². The standard InChI is InChI=1S/C14H21ClN2O2/c1-9-4-5-12(7-13(9)15)17-14(19)6-10(2)16-11(3)8-18/h4-5,7,10-11,16,18H,6,8H2,1-3H3,(H,17,19)/t10?,11-/m1/s1. The summed E-state index contributed by atoms with van der Waals surface area (Å²) in [4.78, 5) is 11.8. The molecule has 2 atom stereocenters. The van der Waals surface area contributed by atoms with Gasteiger partial charge < -0.3 is 15.7 Å². The summed E-state index contributed by atoms with van der Waals surface area (Å²) in [6, 6.07) is 5.42. The van der Waals surface area contributed by atoms with Crippen LogP contribution in [0.5, 0.6) is 0 Å². The minimum atomic E-state index is -0.0786. The Labute approximate surface area is 119 Å². The molecule has 1 rings (SSSR count). The molecule has 0 aliphatic heterocycles. The molecule has 5 heteroatoms. The van der Waals surface area contributed by atoms with E-state index in [1.807, 2.05) is 32.9 Å². The summed E-state index contributed by atoms with van der Waals surface area (Å²) in [7, 11) is 0. The van der Waals surface area contributed by atoms with Crippen molar-refractivity contribution >= 4 is 23.2 Å². The number of amides is 1. The summed E-state index contributed by atoms with van der Waals surface area (Å²) < 4.78 is 0. The minimum absolute atomic E-state index is 0.00284. The molecular weight excluding hydrogens is 264 g/mol. The number of carbonyl (C=O) groups excluding carboxylic acids is 1. The van der Waals surface area contributed by atoms with Crippen molar-refractivity contribution in [3.63, 3.8) is 0 Å². The average molecular weight is 285 g/mol. The second kappa shape index (κ2) is 7.48. The lowest BCUT2D eigenvalue weighted by molar-refractivity contribution is -0.116. The van der Waals surface area contributed by atoms with Crippen molar-refractivity contribution in [3.8, 4) is 0 Å². The third-order valence-corrected chi connectivity index (χ3v) is 3.20. The first-order chi connectivity index (χ1) is 8.92. The second-order valence-electron chi connectivity index (χ2n) is 4.87. The lowest BCUT2D eigenvalue weighted by Gasteiger charge is -2.18. The fraction of sp³-hybridized carbons (Fsp3) is 0.500. The third-order valence-electron chi connectivity index (χ3n) is 2.79. The minimum Gasteiger partial charge on any atom is -0.395 e. The molecule has 0 fully saturated rings. The van der Waals surface area contributed by atoms with Crippen LogP contribution in [0.25, 0.3) is 0 Å². The van der Waals surface area contributed by atoms with Gasteiger partial charge in [-0.25, -0.2) is 0 Å². The molecule has 0 saturated carbocycles. The molecule has 1 unspecified atom stereocenters. The monoisotopic (exact) mass is 284 g/mol.